The highest BCUT2D eigenvalue weighted by Gasteiger charge is 2.25. The molecule has 1 atom stereocenters. The van der Waals surface area contributed by atoms with E-state index in [1.807, 2.05) is 24.1 Å². The number of carbonyl (C=O) groups is 1. The SMILES string of the molecule is CN(C(=O)CSc1ccncc1)C1CCCN(CCCc2ccccc2)C1. The Kier molecular flexibility index (Phi) is 7.72. The Bertz CT molecular complexity index is 695. The van der Waals surface area contributed by atoms with E-state index in [0.29, 0.717) is 11.8 Å². The third-order valence-corrected chi connectivity index (χ3v) is 6.21. The van der Waals surface area contributed by atoms with Crippen LogP contribution in [0.25, 0.3) is 0 Å². The monoisotopic (exact) mass is 383 g/mol. The standard InChI is InChI=1S/C22H29N3OS/c1-24(22(26)18-27-21-11-13-23-14-12-21)20-10-6-16-25(17-20)15-5-9-19-7-3-2-4-8-19/h2-4,7-8,11-14,20H,5-6,9-10,15-18H2,1H3. The van der Waals surface area contributed by atoms with Crippen molar-refractivity contribution in [2.75, 3.05) is 32.4 Å². The van der Waals surface area contributed by atoms with Crippen LogP contribution in [0, 0.1) is 0 Å². The van der Waals surface area contributed by atoms with Crippen LogP contribution in [0.2, 0.25) is 0 Å². The van der Waals surface area contributed by atoms with Gasteiger partial charge >= 0.3 is 0 Å². The normalized spacial score (nSPS) is 17.6. The second-order valence-electron chi connectivity index (χ2n) is 7.16. The summed E-state index contributed by atoms with van der Waals surface area (Å²) >= 11 is 1.59. The number of carbonyl (C=O) groups excluding carboxylic acids is 1. The Labute approximate surface area is 167 Å². The van der Waals surface area contributed by atoms with Crippen molar-refractivity contribution in [3.63, 3.8) is 0 Å². The van der Waals surface area contributed by atoms with Gasteiger partial charge < -0.3 is 9.80 Å². The van der Waals surface area contributed by atoms with E-state index in [-0.39, 0.29) is 5.91 Å². The predicted octanol–water partition coefficient (Wildman–Crippen LogP) is 3.73. The van der Waals surface area contributed by atoms with Crippen molar-refractivity contribution >= 4 is 17.7 Å². The number of amides is 1. The minimum atomic E-state index is 0.216. The third kappa shape index (κ3) is 6.36. The fraction of sp³-hybridized carbons (Fsp3) is 0.455. The first-order valence-electron chi connectivity index (χ1n) is 9.77. The molecule has 0 N–H and O–H groups in total. The van der Waals surface area contributed by atoms with Gasteiger partial charge in [-0.05, 0) is 56.5 Å². The highest BCUT2D eigenvalue weighted by atomic mass is 32.2. The fourth-order valence-electron chi connectivity index (χ4n) is 3.59. The number of benzene rings is 1. The third-order valence-electron chi connectivity index (χ3n) is 5.22. The van der Waals surface area contributed by atoms with Crippen LogP contribution in [0.15, 0.2) is 59.8 Å². The number of hydrogen-bond donors (Lipinski definition) is 0. The summed E-state index contributed by atoms with van der Waals surface area (Å²) in [5.41, 5.74) is 1.41. The average molecular weight is 384 g/mol. The maximum atomic E-state index is 12.6. The molecule has 2 heterocycles. The van der Waals surface area contributed by atoms with Crippen LogP contribution in [-0.4, -0.2) is 59.2 Å². The summed E-state index contributed by atoms with van der Waals surface area (Å²) in [6, 6.07) is 14.9. The summed E-state index contributed by atoms with van der Waals surface area (Å²) < 4.78 is 0. The van der Waals surface area contributed by atoms with E-state index < -0.39 is 0 Å². The Morgan fingerprint density at radius 2 is 2.00 bits per heavy atom. The van der Waals surface area contributed by atoms with Gasteiger partial charge in [0.25, 0.3) is 0 Å². The zero-order valence-electron chi connectivity index (χ0n) is 16.1. The van der Waals surface area contributed by atoms with Crippen LogP contribution in [0.1, 0.15) is 24.8 Å². The molecule has 4 nitrogen and oxygen atoms in total. The number of thioether (sulfide) groups is 1. The molecular formula is C22H29N3OS. The quantitative estimate of drug-likeness (QED) is 0.651. The minimum Gasteiger partial charge on any atom is -0.341 e. The Morgan fingerprint density at radius 1 is 1.22 bits per heavy atom. The van der Waals surface area contributed by atoms with Crippen molar-refractivity contribution < 1.29 is 4.79 Å². The maximum absolute atomic E-state index is 12.6. The molecule has 0 saturated carbocycles. The number of hydrogen-bond acceptors (Lipinski definition) is 4. The van der Waals surface area contributed by atoms with Gasteiger partial charge in [-0.15, -0.1) is 11.8 Å². The van der Waals surface area contributed by atoms with Gasteiger partial charge in [0.15, 0.2) is 0 Å². The summed E-state index contributed by atoms with van der Waals surface area (Å²) in [7, 11) is 1.97. The van der Waals surface area contributed by atoms with Gasteiger partial charge in [-0.25, -0.2) is 0 Å². The predicted molar refractivity (Wildman–Crippen MR) is 112 cm³/mol. The number of rotatable bonds is 8. The molecule has 27 heavy (non-hydrogen) atoms. The van der Waals surface area contributed by atoms with Crippen LogP contribution in [-0.2, 0) is 11.2 Å². The second-order valence-corrected chi connectivity index (χ2v) is 8.21. The highest BCUT2D eigenvalue weighted by Crippen LogP contribution is 2.20. The Morgan fingerprint density at radius 3 is 2.78 bits per heavy atom. The lowest BCUT2D eigenvalue weighted by Crippen LogP contribution is -2.49. The molecule has 1 aromatic heterocycles. The zero-order chi connectivity index (χ0) is 18.9. The molecule has 0 radical (unpaired) electrons. The molecule has 1 aromatic carbocycles. The van der Waals surface area contributed by atoms with E-state index >= 15 is 0 Å². The van der Waals surface area contributed by atoms with Gasteiger partial charge in [-0.3, -0.25) is 9.78 Å². The first-order valence-corrected chi connectivity index (χ1v) is 10.8. The lowest BCUT2D eigenvalue weighted by Gasteiger charge is -2.37. The lowest BCUT2D eigenvalue weighted by atomic mass is 10.0. The van der Waals surface area contributed by atoms with Crippen LogP contribution >= 0.6 is 11.8 Å². The summed E-state index contributed by atoms with van der Waals surface area (Å²) in [5, 5.41) is 0. The molecule has 0 aliphatic carbocycles. The summed E-state index contributed by atoms with van der Waals surface area (Å²) in [6.45, 7) is 3.26. The number of pyridine rings is 1. The molecule has 3 rings (SSSR count). The van der Waals surface area contributed by atoms with Crippen molar-refractivity contribution in [3.05, 3.63) is 60.4 Å². The van der Waals surface area contributed by atoms with Crippen molar-refractivity contribution in [1.82, 2.24) is 14.8 Å². The van der Waals surface area contributed by atoms with Crippen LogP contribution in [0.3, 0.4) is 0 Å². The fourth-order valence-corrected chi connectivity index (χ4v) is 4.39. The van der Waals surface area contributed by atoms with E-state index in [9.17, 15) is 4.79 Å². The molecule has 0 spiro atoms. The van der Waals surface area contributed by atoms with Crippen LogP contribution in [0.5, 0.6) is 0 Å². The van der Waals surface area contributed by atoms with E-state index in [1.54, 1.807) is 24.2 Å². The smallest absolute Gasteiger partial charge is 0.232 e. The van der Waals surface area contributed by atoms with E-state index in [1.165, 1.54) is 18.4 Å². The van der Waals surface area contributed by atoms with Gasteiger partial charge in [0.05, 0.1) is 5.75 Å². The molecular weight excluding hydrogens is 354 g/mol. The van der Waals surface area contributed by atoms with Gasteiger partial charge in [0, 0.05) is 36.9 Å². The van der Waals surface area contributed by atoms with Crippen LogP contribution < -0.4 is 0 Å². The molecule has 1 amide bonds. The van der Waals surface area contributed by atoms with Crippen molar-refractivity contribution in [2.45, 2.75) is 36.6 Å². The molecule has 1 saturated heterocycles. The summed E-state index contributed by atoms with van der Waals surface area (Å²) in [4.78, 5) is 22.2. The molecule has 144 valence electrons. The van der Waals surface area contributed by atoms with E-state index in [4.69, 9.17) is 0 Å². The number of aromatic nitrogens is 1. The van der Waals surface area contributed by atoms with E-state index in [0.717, 1.165) is 37.4 Å². The minimum absolute atomic E-state index is 0.216. The molecule has 1 unspecified atom stereocenters. The highest BCUT2D eigenvalue weighted by molar-refractivity contribution is 8.00. The molecule has 0 bridgehead atoms. The number of aryl methyl sites for hydroxylation is 1. The Hall–Kier alpha value is -1.85. The molecule has 1 aliphatic heterocycles. The van der Waals surface area contributed by atoms with Gasteiger partial charge in [-0.1, -0.05) is 30.3 Å². The number of likely N-dealkylation sites (tertiary alicyclic amines) is 1. The summed E-state index contributed by atoms with van der Waals surface area (Å²) in [6.07, 6.45) is 8.12. The topological polar surface area (TPSA) is 36.4 Å². The average Bonchev–Trinajstić information content (AvgIpc) is 2.73. The van der Waals surface area contributed by atoms with Crippen molar-refractivity contribution in [2.24, 2.45) is 0 Å². The molecule has 5 heteroatoms. The van der Waals surface area contributed by atoms with E-state index in [2.05, 4.69) is 40.2 Å². The van der Waals surface area contributed by atoms with Gasteiger partial charge in [0.1, 0.15) is 0 Å². The second kappa shape index (κ2) is 10.5. The maximum Gasteiger partial charge on any atom is 0.232 e. The molecule has 1 fully saturated rings. The van der Waals surface area contributed by atoms with Gasteiger partial charge in [-0.2, -0.15) is 0 Å². The largest absolute Gasteiger partial charge is 0.341 e. The number of likely N-dealkylation sites (N-methyl/N-ethyl adjacent to an activating group) is 1. The number of nitrogens with zero attached hydrogens (tertiary/aromatic N) is 3. The van der Waals surface area contributed by atoms with Crippen LogP contribution in [0.4, 0.5) is 0 Å². The molecule has 2 aromatic rings. The van der Waals surface area contributed by atoms with Crippen molar-refractivity contribution in [3.8, 4) is 0 Å². The number of piperidine rings is 1. The first-order chi connectivity index (χ1) is 13.2. The van der Waals surface area contributed by atoms with Crippen molar-refractivity contribution in [1.29, 1.82) is 0 Å². The molecule has 1 aliphatic rings. The summed E-state index contributed by atoms with van der Waals surface area (Å²) in [5.74, 6) is 0.707. The zero-order valence-corrected chi connectivity index (χ0v) is 16.9. The first kappa shape index (κ1) is 19.9. The van der Waals surface area contributed by atoms with Gasteiger partial charge in [0.2, 0.25) is 5.91 Å². The Balaban J connectivity index is 1.41. The lowest BCUT2D eigenvalue weighted by molar-refractivity contribution is -0.130.